The summed E-state index contributed by atoms with van der Waals surface area (Å²) in [5.74, 6) is 0.315. The van der Waals surface area contributed by atoms with Crippen molar-refractivity contribution in [3.63, 3.8) is 0 Å². The van der Waals surface area contributed by atoms with Gasteiger partial charge in [-0.3, -0.25) is 4.68 Å². The number of aryl methyl sites for hydroxylation is 1. The Morgan fingerprint density at radius 1 is 1.59 bits per heavy atom. The minimum absolute atomic E-state index is 0.110. The summed E-state index contributed by atoms with van der Waals surface area (Å²) in [4.78, 5) is 0.247. The van der Waals surface area contributed by atoms with Gasteiger partial charge in [-0.15, -0.1) is 11.6 Å². The van der Waals surface area contributed by atoms with Crippen molar-refractivity contribution in [2.45, 2.75) is 30.2 Å². The molecule has 1 saturated carbocycles. The fourth-order valence-electron chi connectivity index (χ4n) is 1.92. The molecule has 1 heterocycles. The van der Waals surface area contributed by atoms with E-state index >= 15 is 0 Å². The second kappa shape index (κ2) is 4.96. The summed E-state index contributed by atoms with van der Waals surface area (Å²) in [6.07, 6.45) is 5.85. The molecule has 5 nitrogen and oxygen atoms in total. The zero-order valence-electron chi connectivity index (χ0n) is 9.71. The maximum Gasteiger partial charge on any atom is 0.246 e. The lowest BCUT2D eigenvalue weighted by Crippen LogP contribution is -2.45. The van der Waals surface area contributed by atoms with Gasteiger partial charge < -0.3 is 0 Å². The molecule has 0 aromatic carbocycles. The Balaban J connectivity index is 2.27. The minimum Gasteiger partial charge on any atom is -0.274 e. The van der Waals surface area contributed by atoms with Crippen LogP contribution in [0.1, 0.15) is 19.3 Å². The van der Waals surface area contributed by atoms with Gasteiger partial charge in [0, 0.05) is 31.7 Å². The van der Waals surface area contributed by atoms with Crippen LogP contribution in [0.2, 0.25) is 0 Å². The highest BCUT2D eigenvalue weighted by Crippen LogP contribution is 2.29. The van der Waals surface area contributed by atoms with Crippen molar-refractivity contribution in [1.82, 2.24) is 14.1 Å². The van der Waals surface area contributed by atoms with Crippen LogP contribution in [0.3, 0.4) is 0 Å². The number of hydrogen-bond donors (Lipinski definition) is 0. The maximum atomic E-state index is 12.4. The lowest BCUT2D eigenvalue weighted by molar-refractivity contribution is 0.227. The number of sulfonamides is 1. The number of hydrogen-bond acceptors (Lipinski definition) is 3. The highest BCUT2D eigenvalue weighted by molar-refractivity contribution is 7.89. The largest absolute Gasteiger partial charge is 0.274 e. The zero-order valence-corrected chi connectivity index (χ0v) is 11.3. The van der Waals surface area contributed by atoms with Crippen LogP contribution in [0.25, 0.3) is 0 Å². The summed E-state index contributed by atoms with van der Waals surface area (Å²) < 4.78 is 27.8. The summed E-state index contributed by atoms with van der Waals surface area (Å²) in [5, 5.41) is 3.91. The number of rotatable bonds is 5. The fourth-order valence-corrected chi connectivity index (χ4v) is 3.88. The van der Waals surface area contributed by atoms with E-state index < -0.39 is 10.0 Å². The molecule has 1 fully saturated rings. The Kier molecular flexibility index (Phi) is 3.75. The summed E-state index contributed by atoms with van der Waals surface area (Å²) in [6.45, 7) is 0.365. The van der Waals surface area contributed by atoms with Crippen LogP contribution < -0.4 is 0 Å². The maximum absolute atomic E-state index is 12.4. The van der Waals surface area contributed by atoms with E-state index in [9.17, 15) is 8.42 Å². The Morgan fingerprint density at radius 3 is 2.71 bits per heavy atom. The number of halogens is 1. The topological polar surface area (TPSA) is 55.2 Å². The molecule has 0 bridgehead atoms. The lowest BCUT2D eigenvalue weighted by Gasteiger charge is -2.35. The first kappa shape index (κ1) is 12.9. The van der Waals surface area contributed by atoms with Crippen LogP contribution in [0.15, 0.2) is 17.3 Å². The fraction of sp³-hybridized carbons (Fsp3) is 0.700. The molecule has 0 atom stereocenters. The van der Waals surface area contributed by atoms with Crippen LogP contribution in [-0.2, 0) is 17.1 Å². The van der Waals surface area contributed by atoms with Crippen LogP contribution >= 0.6 is 11.6 Å². The van der Waals surface area contributed by atoms with E-state index in [1.165, 1.54) is 21.4 Å². The van der Waals surface area contributed by atoms with E-state index in [0.29, 0.717) is 12.4 Å². The molecule has 0 aliphatic heterocycles. The van der Waals surface area contributed by atoms with Gasteiger partial charge in [-0.1, -0.05) is 6.42 Å². The second-order valence-corrected chi connectivity index (χ2v) is 6.51. The van der Waals surface area contributed by atoms with Gasteiger partial charge in [0.25, 0.3) is 0 Å². The van der Waals surface area contributed by atoms with Crippen molar-refractivity contribution in [1.29, 1.82) is 0 Å². The predicted molar refractivity (Wildman–Crippen MR) is 65.5 cm³/mol. The third-order valence-electron chi connectivity index (χ3n) is 3.07. The molecular formula is C10H16ClN3O2S. The summed E-state index contributed by atoms with van der Waals surface area (Å²) in [6, 6.07) is 0.110. The molecule has 0 saturated heterocycles. The molecule has 96 valence electrons. The Labute approximate surface area is 106 Å². The van der Waals surface area contributed by atoms with Gasteiger partial charge in [0.05, 0.1) is 6.20 Å². The summed E-state index contributed by atoms with van der Waals surface area (Å²) in [7, 11) is -1.73. The molecule has 7 heteroatoms. The first-order valence-electron chi connectivity index (χ1n) is 5.62. The number of alkyl halides is 1. The van der Waals surface area contributed by atoms with Crippen molar-refractivity contribution < 1.29 is 8.42 Å². The van der Waals surface area contributed by atoms with E-state index in [2.05, 4.69) is 5.10 Å². The Bertz CT molecular complexity index is 481. The highest BCUT2D eigenvalue weighted by atomic mass is 35.5. The smallest absolute Gasteiger partial charge is 0.246 e. The van der Waals surface area contributed by atoms with Crippen LogP contribution in [0, 0.1) is 0 Å². The van der Waals surface area contributed by atoms with E-state index in [4.69, 9.17) is 11.6 Å². The first-order chi connectivity index (χ1) is 8.05. The minimum atomic E-state index is -3.44. The van der Waals surface area contributed by atoms with Gasteiger partial charge in [-0.05, 0) is 12.8 Å². The van der Waals surface area contributed by atoms with E-state index in [-0.39, 0.29) is 10.9 Å². The van der Waals surface area contributed by atoms with Gasteiger partial charge in [0.2, 0.25) is 10.0 Å². The zero-order chi connectivity index (χ0) is 12.5. The van der Waals surface area contributed by atoms with Gasteiger partial charge >= 0.3 is 0 Å². The van der Waals surface area contributed by atoms with Crippen molar-refractivity contribution in [2.75, 3.05) is 12.4 Å². The molecule has 0 radical (unpaired) electrons. The molecule has 2 rings (SSSR count). The normalized spacial score (nSPS) is 17.4. The molecule has 1 aliphatic rings. The second-order valence-electron chi connectivity index (χ2n) is 4.24. The quantitative estimate of drug-likeness (QED) is 0.760. The lowest BCUT2D eigenvalue weighted by atomic mass is 9.93. The van der Waals surface area contributed by atoms with Gasteiger partial charge in [0.15, 0.2) is 0 Å². The van der Waals surface area contributed by atoms with Gasteiger partial charge in [-0.25, -0.2) is 8.42 Å². The summed E-state index contributed by atoms with van der Waals surface area (Å²) >= 11 is 5.69. The molecule has 1 aromatic heterocycles. The molecule has 1 aromatic rings. The van der Waals surface area contributed by atoms with Crippen LogP contribution in [-0.4, -0.2) is 41.0 Å². The molecule has 17 heavy (non-hydrogen) atoms. The van der Waals surface area contributed by atoms with Crippen molar-refractivity contribution >= 4 is 21.6 Å². The van der Waals surface area contributed by atoms with Crippen LogP contribution in [0.5, 0.6) is 0 Å². The molecule has 0 unspecified atom stereocenters. The molecular weight excluding hydrogens is 262 g/mol. The van der Waals surface area contributed by atoms with Crippen molar-refractivity contribution in [2.24, 2.45) is 7.05 Å². The third-order valence-corrected chi connectivity index (χ3v) is 5.15. The van der Waals surface area contributed by atoms with Crippen LogP contribution in [0.4, 0.5) is 0 Å². The van der Waals surface area contributed by atoms with E-state index in [0.717, 1.165) is 19.3 Å². The Hall–Kier alpha value is -0.590. The van der Waals surface area contributed by atoms with E-state index in [1.807, 2.05) is 0 Å². The Morgan fingerprint density at radius 2 is 2.29 bits per heavy atom. The average molecular weight is 278 g/mol. The third kappa shape index (κ3) is 2.48. The predicted octanol–water partition coefficient (Wildman–Crippen LogP) is 1.20. The number of nitrogens with zero attached hydrogens (tertiary/aromatic N) is 3. The van der Waals surface area contributed by atoms with Gasteiger partial charge in [-0.2, -0.15) is 9.40 Å². The highest BCUT2D eigenvalue weighted by Gasteiger charge is 2.34. The van der Waals surface area contributed by atoms with E-state index in [1.54, 1.807) is 7.05 Å². The average Bonchev–Trinajstić information content (AvgIpc) is 2.62. The standard InChI is InChI=1S/C10H16ClN3O2S/c1-13-8-10(7-12-13)17(15,16)14(6-5-11)9-3-2-4-9/h7-9H,2-6H2,1H3. The van der Waals surface area contributed by atoms with Crippen molar-refractivity contribution in [3.05, 3.63) is 12.4 Å². The molecule has 0 N–H and O–H groups in total. The SMILES string of the molecule is Cn1cc(S(=O)(=O)N(CCCl)C2CCC2)cn1. The summed E-state index contributed by atoms with van der Waals surface area (Å²) in [5.41, 5.74) is 0. The van der Waals surface area contributed by atoms with Crippen molar-refractivity contribution in [3.8, 4) is 0 Å². The molecule has 1 aliphatic carbocycles. The number of aromatic nitrogens is 2. The van der Waals surface area contributed by atoms with Gasteiger partial charge in [0.1, 0.15) is 4.90 Å². The first-order valence-corrected chi connectivity index (χ1v) is 7.59. The monoisotopic (exact) mass is 277 g/mol. The molecule has 0 spiro atoms. The molecule has 0 amide bonds.